The van der Waals surface area contributed by atoms with Crippen LogP contribution >= 0.6 is 0 Å². The van der Waals surface area contributed by atoms with E-state index in [1.165, 1.54) is 0 Å². The molecule has 2 rings (SSSR count). The molecule has 1 amide bonds. The zero-order valence-corrected chi connectivity index (χ0v) is 13.3. The van der Waals surface area contributed by atoms with Crippen molar-refractivity contribution in [3.63, 3.8) is 0 Å². The molecule has 1 saturated heterocycles. The number of rotatable bonds is 5. The standard InChI is InChI=1S/C16H21F3N2O2/c1-20(2)13-7-5-12(6-8-13)10-21(11-16(17,18)19)15(22)14-4-3-9-23-14/h5-8,14H,3-4,9-11H2,1-2H3/t14-/m0/s1. The predicted molar refractivity (Wildman–Crippen MR) is 81.2 cm³/mol. The Kier molecular flexibility index (Phi) is 5.51. The highest BCUT2D eigenvalue weighted by molar-refractivity contribution is 5.81. The highest BCUT2D eigenvalue weighted by Gasteiger charge is 2.36. The van der Waals surface area contributed by atoms with Gasteiger partial charge < -0.3 is 14.5 Å². The first-order valence-electron chi connectivity index (χ1n) is 7.49. The summed E-state index contributed by atoms with van der Waals surface area (Å²) in [6, 6.07) is 7.11. The van der Waals surface area contributed by atoms with E-state index in [2.05, 4.69) is 0 Å². The molecule has 0 aromatic heterocycles. The number of carbonyl (C=O) groups is 1. The molecule has 0 N–H and O–H groups in total. The van der Waals surface area contributed by atoms with Crippen LogP contribution in [0.3, 0.4) is 0 Å². The van der Waals surface area contributed by atoms with Crippen LogP contribution in [0.1, 0.15) is 18.4 Å². The molecule has 0 spiro atoms. The fourth-order valence-corrected chi connectivity index (χ4v) is 2.52. The van der Waals surface area contributed by atoms with E-state index in [1.54, 1.807) is 12.1 Å². The van der Waals surface area contributed by atoms with Crippen molar-refractivity contribution in [2.45, 2.75) is 31.7 Å². The van der Waals surface area contributed by atoms with E-state index in [0.717, 1.165) is 10.6 Å². The minimum Gasteiger partial charge on any atom is -0.378 e. The average Bonchev–Trinajstić information content (AvgIpc) is 2.99. The third kappa shape index (κ3) is 5.13. The van der Waals surface area contributed by atoms with Crippen LogP contribution in [0, 0.1) is 0 Å². The van der Waals surface area contributed by atoms with Crippen molar-refractivity contribution in [1.82, 2.24) is 4.90 Å². The third-order valence-electron chi connectivity index (χ3n) is 3.71. The van der Waals surface area contributed by atoms with Crippen molar-refractivity contribution in [1.29, 1.82) is 0 Å². The number of alkyl halides is 3. The van der Waals surface area contributed by atoms with Crippen molar-refractivity contribution in [3.8, 4) is 0 Å². The Labute approximate surface area is 133 Å². The van der Waals surface area contributed by atoms with Crippen molar-refractivity contribution < 1.29 is 22.7 Å². The monoisotopic (exact) mass is 330 g/mol. The number of amides is 1. The lowest BCUT2D eigenvalue weighted by Crippen LogP contribution is -2.43. The Bertz CT molecular complexity index is 523. The molecule has 0 saturated carbocycles. The van der Waals surface area contributed by atoms with E-state index in [1.807, 2.05) is 31.1 Å². The summed E-state index contributed by atoms with van der Waals surface area (Å²) in [7, 11) is 3.76. The van der Waals surface area contributed by atoms with E-state index >= 15 is 0 Å². The number of hydrogen-bond acceptors (Lipinski definition) is 3. The Hall–Kier alpha value is -1.76. The van der Waals surface area contributed by atoms with Crippen LogP contribution in [0.4, 0.5) is 18.9 Å². The summed E-state index contributed by atoms with van der Waals surface area (Å²) in [6.45, 7) is -0.916. The van der Waals surface area contributed by atoms with Crippen molar-refractivity contribution in [2.24, 2.45) is 0 Å². The van der Waals surface area contributed by atoms with Crippen LogP contribution in [0.2, 0.25) is 0 Å². The number of hydrogen-bond donors (Lipinski definition) is 0. The highest BCUT2D eigenvalue weighted by Crippen LogP contribution is 2.23. The van der Waals surface area contributed by atoms with Crippen molar-refractivity contribution in [3.05, 3.63) is 29.8 Å². The first-order valence-corrected chi connectivity index (χ1v) is 7.49. The number of halogens is 3. The first kappa shape index (κ1) is 17.6. The zero-order chi connectivity index (χ0) is 17.0. The minimum atomic E-state index is -4.43. The first-order chi connectivity index (χ1) is 10.8. The lowest BCUT2D eigenvalue weighted by molar-refractivity contribution is -0.168. The number of ether oxygens (including phenoxy) is 1. The molecule has 0 unspecified atom stereocenters. The van der Waals surface area contributed by atoms with Crippen LogP contribution < -0.4 is 4.90 Å². The predicted octanol–water partition coefficient (Wildman–Crippen LogP) is 2.82. The third-order valence-corrected chi connectivity index (χ3v) is 3.71. The van der Waals surface area contributed by atoms with E-state index in [0.29, 0.717) is 25.0 Å². The Morgan fingerprint density at radius 3 is 2.39 bits per heavy atom. The summed E-state index contributed by atoms with van der Waals surface area (Å²) in [5.74, 6) is -0.587. The summed E-state index contributed by atoms with van der Waals surface area (Å²) < 4.78 is 43.6. The molecule has 0 radical (unpaired) electrons. The molecule has 1 aliphatic rings. The molecule has 1 aromatic carbocycles. The summed E-state index contributed by atoms with van der Waals surface area (Å²) in [5, 5.41) is 0. The van der Waals surface area contributed by atoms with Gasteiger partial charge in [-0.2, -0.15) is 13.2 Å². The van der Waals surface area contributed by atoms with Gasteiger partial charge in [0.15, 0.2) is 0 Å². The fraction of sp³-hybridized carbons (Fsp3) is 0.562. The summed E-state index contributed by atoms with van der Waals surface area (Å²) >= 11 is 0. The van der Waals surface area contributed by atoms with Gasteiger partial charge in [-0.1, -0.05) is 12.1 Å². The van der Waals surface area contributed by atoms with Gasteiger partial charge in [-0.15, -0.1) is 0 Å². The van der Waals surface area contributed by atoms with E-state index in [4.69, 9.17) is 4.74 Å². The Balaban J connectivity index is 2.11. The van der Waals surface area contributed by atoms with Crippen LogP contribution in [-0.4, -0.2) is 50.3 Å². The van der Waals surface area contributed by atoms with E-state index in [9.17, 15) is 18.0 Å². The fourth-order valence-electron chi connectivity index (χ4n) is 2.52. The highest BCUT2D eigenvalue weighted by atomic mass is 19.4. The SMILES string of the molecule is CN(C)c1ccc(CN(CC(F)(F)F)C(=O)[C@@H]2CCCO2)cc1. The molecule has 1 aromatic rings. The van der Waals surface area contributed by atoms with Crippen molar-refractivity contribution in [2.75, 3.05) is 32.1 Å². The quantitative estimate of drug-likeness (QED) is 0.832. The molecule has 23 heavy (non-hydrogen) atoms. The van der Waals surface area contributed by atoms with Gasteiger partial charge in [0, 0.05) is 32.9 Å². The molecule has 128 valence electrons. The number of nitrogens with zero attached hydrogens (tertiary/aromatic N) is 2. The average molecular weight is 330 g/mol. The maximum Gasteiger partial charge on any atom is 0.406 e. The van der Waals surface area contributed by atoms with Crippen LogP contribution in [-0.2, 0) is 16.1 Å². The molecule has 0 bridgehead atoms. The largest absolute Gasteiger partial charge is 0.406 e. The molecule has 1 heterocycles. The van der Waals surface area contributed by atoms with Gasteiger partial charge in [0.1, 0.15) is 12.6 Å². The molecular formula is C16H21F3N2O2. The second kappa shape index (κ2) is 7.21. The van der Waals surface area contributed by atoms with Gasteiger partial charge >= 0.3 is 6.18 Å². The molecule has 7 heteroatoms. The van der Waals surface area contributed by atoms with Crippen LogP contribution in [0.15, 0.2) is 24.3 Å². The van der Waals surface area contributed by atoms with Crippen molar-refractivity contribution >= 4 is 11.6 Å². The molecule has 1 fully saturated rings. The van der Waals surface area contributed by atoms with Gasteiger partial charge in [0.2, 0.25) is 0 Å². The van der Waals surface area contributed by atoms with Crippen LogP contribution in [0.5, 0.6) is 0 Å². The van der Waals surface area contributed by atoms with E-state index in [-0.39, 0.29) is 6.54 Å². The second-order valence-corrected chi connectivity index (χ2v) is 5.87. The van der Waals surface area contributed by atoms with Gasteiger partial charge in [0.25, 0.3) is 5.91 Å². The van der Waals surface area contributed by atoms with E-state index < -0.39 is 24.7 Å². The number of anilines is 1. The smallest absolute Gasteiger partial charge is 0.378 e. The van der Waals surface area contributed by atoms with Gasteiger partial charge in [-0.25, -0.2) is 0 Å². The number of carbonyl (C=O) groups excluding carboxylic acids is 1. The molecule has 0 aliphatic carbocycles. The summed E-state index contributed by atoms with van der Waals surface area (Å²) in [6.07, 6.45) is -4.00. The Morgan fingerprint density at radius 1 is 1.26 bits per heavy atom. The normalized spacial score (nSPS) is 18.0. The molecule has 4 nitrogen and oxygen atoms in total. The van der Waals surface area contributed by atoms with Gasteiger partial charge in [-0.3, -0.25) is 4.79 Å². The van der Waals surface area contributed by atoms with Crippen LogP contribution in [0.25, 0.3) is 0 Å². The summed E-state index contributed by atoms with van der Waals surface area (Å²) in [4.78, 5) is 15.0. The molecule has 1 atom stereocenters. The summed E-state index contributed by atoms with van der Waals surface area (Å²) in [5.41, 5.74) is 1.60. The lowest BCUT2D eigenvalue weighted by atomic mass is 10.1. The Morgan fingerprint density at radius 2 is 1.91 bits per heavy atom. The maximum absolute atomic E-state index is 12.8. The van der Waals surface area contributed by atoms with Gasteiger partial charge in [0.05, 0.1) is 0 Å². The number of benzene rings is 1. The molecule has 1 aliphatic heterocycles. The molecular weight excluding hydrogens is 309 g/mol. The minimum absolute atomic E-state index is 0.0775. The maximum atomic E-state index is 12.8. The van der Waals surface area contributed by atoms with Gasteiger partial charge in [-0.05, 0) is 30.5 Å². The topological polar surface area (TPSA) is 32.8 Å². The lowest BCUT2D eigenvalue weighted by Gasteiger charge is -2.26. The zero-order valence-electron chi connectivity index (χ0n) is 13.3. The second-order valence-electron chi connectivity index (χ2n) is 5.87.